The number of ether oxygens (including phenoxy) is 1. The van der Waals surface area contributed by atoms with Crippen LogP contribution in [0.2, 0.25) is 0 Å². The Bertz CT molecular complexity index is 289. The summed E-state index contributed by atoms with van der Waals surface area (Å²) < 4.78 is 5.62. The van der Waals surface area contributed by atoms with Crippen LogP contribution in [0.1, 0.15) is 89.9 Å². The highest BCUT2D eigenvalue weighted by atomic mass is 16.5. The monoisotopic (exact) mass is 342 g/mol. The van der Waals surface area contributed by atoms with Crippen molar-refractivity contribution in [3.63, 3.8) is 0 Å². The molecule has 24 heavy (non-hydrogen) atoms. The van der Waals surface area contributed by atoms with Gasteiger partial charge in [-0.25, -0.2) is 0 Å². The number of aliphatic hydroxyl groups excluding tert-OH is 1. The van der Waals surface area contributed by atoms with Crippen LogP contribution in [0.4, 0.5) is 0 Å². The molecule has 142 valence electrons. The highest BCUT2D eigenvalue weighted by Gasteiger charge is 1.95. The van der Waals surface area contributed by atoms with Gasteiger partial charge in [-0.15, -0.1) is 0 Å². The number of carbonyl (C=O) groups is 1. The van der Waals surface area contributed by atoms with Crippen molar-refractivity contribution in [3.8, 4) is 0 Å². The molecule has 0 amide bonds. The van der Waals surface area contributed by atoms with E-state index in [9.17, 15) is 4.79 Å². The van der Waals surface area contributed by atoms with Crippen LogP contribution in [0.5, 0.6) is 0 Å². The second-order valence-electron chi connectivity index (χ2n) is 6.42. The van der Waals surface area contributed by atoms with Crippen molar-refractivity contribution in [1.29, 1.82) is 0 Å². The second-order valence-corrected chi connectivity index (χ2v) is 6.42. The summed E-state index contributed by atoms with van der Waals surface area (Å²) in [6.07, 6.45) is 19.2. The van der Waals surface area contributed by atoms with Gasteiger partial charge in [0.1, 0.15) is 0 Å². The molecule has 0 aromatic carbocycles. The minimum absolute atomic E-state index is 0.302. The number of carboxylic acids is 1. The number of hydrogen-bond donors (Lipinski definition) is 2. The first kappa shape index (κ1) is 23.1. The zero-order chi connectivity index (χ0) is 17.7. The van der Waals surface area contributed by atoms with E-state index >= 15 is 0 Å². The highest BCUT2D eigenvalue weighted by Crippen LogP contribution is 2.07. The van der Waals surface area contributed by atoms with Crippen LogP contribution in [0.3, 0.4) is 0 Å². The molecule has 0 bridgehead atoms. The lowest BCUT2D eigenvalue weighted by Gasteiger charge is -2.03. The minimum Gasteiger partial charge on any atom is -0.481 e. The molecule has 0 rings (SSSR count). The molecule has 2 N–H and O–H groups in total. The maximum Gasteiger partial charge on any atom is 0.303 e. The van der Waals surface area contributed by atoms with Gasteiger partial charge in [0.25, 0.3) is 0 Å². The summed E-state index contributed by atoms with van der Waals surface area (Å²) in [5.41, 5.74) is 0. The van der Waals surface area contributed by atoms with E-state index in [1.165, 1.54) is 25.7 Å². The average Bonchev–Trinajstić information content (AvgIpc) is 2.56. The van der Waals surface area contributed by atoms with Crippen molar-refractivity contribution in [3.05, 3.63) is 12.2 Å². The van der Waals surface area contributed by atoms with Crippen molar-refractivity contribution >= 4 is 5.97 Å². The van der Waals surface area contributed by atoms with Crippen LogP contribution in [-0.4, -0.2) is 36.0 Å². The van der Waals surface area contributed by atoms with Crippen LogP contribution in [-0.2, 0) is 9.53 Å². The Kier molecular flexibility index (Phi) is 19.4. The highest BCUT2D eigenvalue weighted by molar-refractivity contribution is 5.66. The summed E-state index contributed by atoms with van der Waals surface area (Å²) in [4.78, 5) is 10.4. The van der Waals surface area contributed by atoms with Gasteiger partial charge in [-0.05, 0) is 38.5 Å². The predicted molar refractivity (Wildman–Crippen MR) is 99.3 cm³/mol. The van der Waals surface area contributed by atoms with Crippen molar-refractivity contribution in [2.24, 2.45) is 0 Å². The van der Waals surface area contributed by atoms with Gasteiger partial charge >= 0.3 is 5.97 Å². The number of rotatable bonds is 19. The topological polar surface area (TPSA) is 66.8 Å². The minimum atomic E-state index is -0.687. The van der Waals surface area contributed by atoms with Gasteiger partial charge in [-0.3, -0.25) is 4.79 Å². The molecular weight excluding hydrogens is 304 g/mol. The number of aliphatic carboxylic acids is 1. The van der Waals surface area contributed by atoms with Crippen LogP contribution in [0.25, 0.3) is 0 Å². The largest absolute Gasteiger partial charge is 0.481 e. The summed E-state index contributed by atoms with van der Waals surface area (Å²) in [6, 6.07) is 0. The molecule has 0 aliphatic heterocycles. The van der Waals surface area contributed by atoms with E-state index in [1.54, 1.807) is 0 Å². The molecule has 0 unspecified atom stereocenters. The Labute approximate surface area is 148 Å². The maximum atomic E-state index is 10.4. The summed E-state index contributed by atoms with van der Waals surface area (Å²) >= 11 is 0. The zero-order valence-corrected chi connectivity index (χ0v) is 15.4. The van der Waals surface area contributed by atoms with Gasteiger partial charge in [0, 0.05) is 19.6 Å². The predicted octanol–water partition coefficient (Wildman–Crippen LogP) is 5.10. The fourth-order valence-corrected chi connectivity index (χ4v) is 2.58. The Morgan fingerprint density at radius 2 is 1.29 bits per heavy atom. The molecule has 0 aliphatic carbocycles. The Morgan fingerprint density at radius 1 is 0.708 bits per heavy atom. The summed E-state index contributed by atoms with van der Waals surface area (Å²) in [6.45, 7) is 2.01. The second kappa shape index (κ2) is 20.2. The first-order valence-corrected chi connectivity index (χ1v) is 9.82. The molecule has 4 heteroatoms. The molecule has 0 fully saturated rings. The van der Waals surface area contributed by atoms with Crippen molar-refractivity contribution in [2.45, 2.75) is 89.9 Å². The molecule has 4 nitrogen and oxygen atoms in total. The fourth-order valence-electron chi connectivity index (χ4n) is 2.58. The Hall–Kier alpha value is -0.870. The lowest BCUT2D eigenvalue weighted by molar-refractivity contribution is -0.137. The van der Waals surface area contributed by atoms with Crippen molar-refractivity contribution < 1.29 is 19.7 Å². The molecule has 0 aromatic heterocycles. The van der Waals surface area contributed by atoms with E-state index in [0.29, 0.717) is 13.0 Å². The SMILES string of the molecule is O=C(O)CCCCCC/C=C\CCOCCCCCCCCCO. The first-order chi connectivity index (χ1) is 11.8. The third kappa shape index (κ3) is 21.1. The number of unbranched alkanes of at least 4 members (excludes halogenated alkanes) is 10. The normalized spacial score (nSPS) is 11.4. The number of aliphatic hydroxyl groups is 1. The maximum absolute atomic E-state index is 10.4. The fraction of sp³-hybridized carbons (Fsp3) is 0.850. The van der Waals surface area contributed by atoms with Gasteiger partial charge in [0.15, 0.2) is 0 Å². The molecule has 0 saturated carbocycles. The van der Waals surface area contributed by atoms with Gasteiger partial charge in [0.05, 0.1) is 6.61 Å². The summed E-state index contributed by atoms with van der Waals surface area (Å²) in [5, 5.41) is 17.2. The van der Waals surface area contributed by atoms with E-state index in [1.807, 2.05) is 0 Å². The van der Waals surface area contributed by atoms with E-state index in [0.717, 1.165) is 71.0 Å². The number of allylic oxidation sites excluding steroid dienone is 1. The smallest absolute Gasteiger partial charge is 0.303 e. The van der Waals surface area contributed by atoms with E-state index in [2.05, 4.69) is 12.2 Å². The molecule has 0 aromatic rings. The standard InChI is InChI=1S/C20H38O4/c21-17-13-9-5-3-7-11-15-19-24-18-14-10-6-2-1-4-8-12-16-20(22)23/h6,10,21H,1-5,7-9,11-19H2,(H,22,23)/b10-6-. The van der Waals surface area contributed by atoms with E-state index in [-0.39, 0.29) is 0 Å². The Balaban J connectivity index is 3.07. The van der Waals surface area contributed by atoms with Crippen LogP contribution in [0, 0.1) is 0 Å². The summed E-state index contributed by atoms with van der Waals surface area (Å²) in [7, 11) is 0. The molecular formula is C20H38O4. The van der Waals surface area contributed by atoms with E-state index < -0.39 is 5.97 Å². The van der Waals surface area contributed by atoms with E-state index in [4.69, 9.17) is 14.9 Å². The first-order valence-electron chi connectivity index (χ1n) is 9.82. The quantitative estimate of drug-likeness (QED) is 0.253. The van der Waals surface area contributed by atoms with Crippen LogP contribution < -0.4 is 0 Å². The van der Waals surface area contributed by atoms with Gasteiger partial charge in [0.2, 0.25) is 0 Å². The zero-order valence-electron chi connectivity index (χ0n) is 15.4. The third-order valence-electron chi connectivity index (χ3n) is 4.05. The lowest BCUT2D eigenvalue weighted by Crippen LogP contribution is -1.96. The van der Waals surface area contributed by atoms with Gasteiger partial charge in [-0.1, -0.05) is 57.1 Å². The third-order valence-corrected chi connectivity index (χ3v) is 4.05. The Morgan fingerprint density at radius 3 is 2.00 bits per heavy atom. The number of carboxylic acid groups (broad SMARTS) is 1. The number of hydrogen-bond acceptors (Lipinski definition) is 3. The molecule has 0 radical (unpaired) electrons. The van der Waals surface area contributed by atoms with Gasteiger partial charge in [-0.2, -0.15) is 0 Å². The molecule has 0 heterocycles. The van der Waals surface area contributed by atoms with Crippen LogP contribution >= 0.6 is 0 Å². The lowest BCUT2D eigenvalue weighted by atomic mass is 10.1. The molecule has 0 aliphatic rings. The van der Waals surface area contributed by atoms with Crippen LogP contribution in [0.15, 0.2) is 12.2 Å². The van der Waals surface area contributed by atoms with Gasteiger partial charge < -0.3 is 14.9 Å². The van der Waals surface area contributed by atoms with Crippen molar-refractivity contribution in [1.82, 2.24) is 0 Å². The van der Waals surface area contributed by atoms with Crippen molar-refractivity contribution in [2.75, 3.05) is 19.8 Å². The summed E-state index contributed by atoms with van der Waals surface area (Å²) in [5.74, 6) is -0.687. The molecule has 0 saturated heterocycles. The molecule has 0 atom stereocenters. The average molecular weight is 343 g/mol. The molecule has 0 spiro atoms.